The highest BCUT2D eigenvalue weighted by atomic mass is 16.5. The third-order valence-corrected chi connectivity index (χ3v) is 4.55. The second-order valence-electron chi connectivity index (χ2n) is 6.41. The van der Waals surface area contributed by atoms with E-state index in [0.29, 0.717) is 29.0 Å². The Morgan fingerprint density at radius 3 is 2.75 bits per heavy atom. The molecule has 0 bridgehead atoms. The molecule has 0 aliphatic heterocycles. The number of nitriles is 1. The number of aromatic nitrogens is 5. The van der Waals surface area contributed by atoms with Crippen molar-refractivity contribution in [1.82, 2.24) is 25.1 Å². The lowest BCUT2D eigenvalue weighted by atomic mass is 10.1. The summed E-state index contributed by atoms with van der Waals surface area (Å²) in [6, 6.07) is 5.54. The number of methoxy groups -OCH3 is 1. The minimum Gasteiger partial charge on any atom is -0.496 e. The molecule has 142 valence electrons. The molecule has 4 rings (SSSR count). The van der Waals surface area contributed by atoms with Gasteiger partial charge in [-0.25, -0.2) is 15.0 Å². The third-order valence-electron chi connectivity index (χ3n) is 4.55. The van der Waals surface area contributed by atoms with Crippen LogP contribution in [0.15, 0.2) is 30.7 Å². The zero-order valence-electron chi connectivity index (χ0n) is 15.3. The van der Waals surface area contributed by atoms with E-state index in [2.05, 4.69) is 30.5 Å². The molecule has 0 aromatic carbocycles. The first-order valence-electron chi connectivity index (χ1n) is 9.01. The fraction of sp³-hybridized carbons (Fsp3) is 0.316. The van der Waals surface area contributed by atoms with E-state index in [1.54, 1.807) is 19.4 Å². The molecule has 9 heteroatoms. The van der Waals surface area contributed by atoms with Crippen LogP contribution in [0.25, 0.3) is 11.3 Å². The zero-order valence-corrected chi connectivity index (χ0v) is 15.3. The van der Waals surface area contributed by atoms with Crippen molar-refractivity contribution < 1.29 is 9.47 Å². The van der Waals surface area contributed by atoms with Gasteiger partial charge in [0.15, 0.2) is 11.5 Å². The van der Waals surface area contributed by atoms with Crippen molar-refractivity contribution in [3.05, 3.63) is 36.4 Å². The maximum Gasteiger partial charge on any atom is 0.227 e. The van der Waals surface area contributed by atoms with Gasteiger partial charge in [0, 0.05) is 12.3 Å². The van der Waals surface area contributed by atoms with Crippen molar-refractivity contribution in [2.75, 3.05) is 12.4 Å². The normalized spacial score (nSPS) is 13.9. The number of nitrogens with zero attached hydrogens (tertiary/aromatic N) is 5. The largest absolute Gasteiger partial charge is 0.496 e. The van der Waals surface area contributed by atoms with E-state index < -0.39 is 0 Å². The summed E-state index contributed by atoms with van der Waals surface area (Å²) >= 11 is 0. The van der Waals surface area contributed by atoms with Crippen LogP contribution < -0.4 is 14.8 Å². The fourth-order valence-electron chi connectivity index (χ4n) is 3.19. The Morgan fingerprint density at radius 2 is 2.04 bits per heavy atom. The molecule has 0 saturated heterocycles. The molecule has 1 saturated carbocycles. The van der Waals surface area contributed by atoms with Gasteiger partial charge in [0.1, 0.15) is 29.3 Å². The predicted molar refractivity (Wildman–Crippen MR) is 101 cm³/mol. The van der Waals surface area contributed by atoms with E-state index in [-0.39, 0.29) is 11.8 Å². The fourth-order valence-corrected chi connectivity index (χ4v) is 3.19. The highest BCUT2D eigenvalue weighted by Crippen LogP contribution is 2.38. The van der Waals surface area contributed by atoms with Gasteiger partial charge in [0.25, 0.3) is 0 Å². The molecule has 3 aromatic rings. The van der Waals surface area contributed by atoms with Crippen LogP contribution >= 0.6 is 0 Å². The van der Waals surface area contributed by atoms with Gasteiger partial charge in [-0.05, 0) is 31.7 Å². The second kappa shape index (κ2) is 7.92. The van der Waals surface area contributed by atoms with Crippen LogP contribution in [0.3, 0.4) is 0 Å². The molecule has 0 unspecified atom stereocenters. The Balaban J connectivity index is 1.60. The molecule has 1 aliphatic rings. The summed E-state index contributed by atoms with van der Waals surface area (Å²) in [5.74, 6) is 2.21. The lowest BCUT2D eigenvalue weighted by molar-refractivity contribution is 0.201. The molecule has 0 amide bonds. The van der Waals surface area contributed by atoms with Crippen molar-refractivity contribution in [1.29, 1.82) is 5.26 Å². The molecule has 1 aliphatic carbocycles. The molecular formula is C19H19N7O2. The predicted octanol–water partition coefficient (Wildman–Crippen LogP) is 3.21. The maximum atomic E-state index is 8.81. The number of ether oxygens (including phenoxy) is 2. The number of nitrogens with one attached hydrogen (secondary N) is 2. The van der Waals surface area contributed by atoms with Crippen molar-refractivity contribution in [2.24, 2.45) is 0 Å². The van der Waals surface area contributed by atoms with Crippen molar-refractivity contribution in [3.63, 3.8) is 0 Å². The topological polar surface area (TPSA) is 122 Å². The van der Waals surface area contributed by atoms with E-state index in [1.165, 1.54) is 25.2 Å². The summed E-state index contributed by atoms with van der Waals surface area (Å²) in [4.78, 5) is 12.5. The number of hydrogen-bond acceptors (Lipinski definition) is 8. The van der Waals surface area contributed by atoms with E-state index in [9.17, 15) is 0 Å². The van der Waals surface area contributed by atoms with E-state index in [1.807, 2.05) is 12.1 Å². The van der Waals surface area contributed by atoms with Gasteiger partial charge in [-0.2, -0.15) is 10.4 Å². The van der Waals surface area contributed by atoms with Crippen molar-refractivity contribution >= 4 is 11.6 Å². The standard InChI is InChI=1S/C19H19N7O2/c1-27-15-6-7-21-19(28-13-4-2-3-5-13)18(15)14-8-16(26-25-14)24-17-11-22-12(9-20)10-23-17/h6-8,10-11,13H,2-5H2,1H3,(H2,23,24,25,26). The van der Waals surface area contributed by atoms with Crippen LogP contribution in [-0.4, -0.2) is 38.4 Å². The summed E-state index contributed by atoms with van der Waals surface area (Å²) in [7, 11) is 1.61. The number of aromatic amines is 1. The number of rotatable bonds is 6. The minimum atomic E-state index is 0.174. The van der Waals surface area contributed by atoms with Gasteiger partial charge < -0.3 is 14.8 Å². The first-order valence-corrected chi connectivity index (χ1v) is 9.01. The Kier molecular flexibility index (Phi) is 5.01. The molecule has 28 heavy (non-hydrogen) atoms. The number of hydrogen-bond donors (Lipinski definition) is 2. The molecular weight excluding hydrogens is 358 g/mol. The number of anilines is 2. The Morgan fingerprint density at radius 1 is 1.18 bits per heavy atom. The second-order valence-corrected chi connectivity index (χ2v) is 6.41. The van der Waals surface area contributed by atoms with E-state index in [4.69, 9.17) is 14.7 Å². The van der Waals surface area contributed by atoms with Crippen molar-refractivity contribution in [3.8, 4) is 29.0 Å². The first kappa shape index (κ1) is 17.7. The average Bonchev–Trinajstić information content (AvgIpc) is 3.40. The molecule has 0 spiro atoms. The molecule has 3 heterocycles. The zero-order chi connectivity index (χ0) is 19.3. The van der Waals surface area contributed by atoms with Crippen LogP contribution in [0.4, 0.5) is 11.6 Å². The number of H-pyrrole nitrogens is 1. The molecule has 3 aromatic heterocycles. The average molecular weight is 377 g/mol. The van der Waals surface area contributed by atoms with Gasteiger partial charge in [0.2, 0.25) is 5.88 Å². The molecule has 0 radical (unpaired) electrons. The molecule has 0 atom stereocenters. The Labute approximate surface area is 161 Å². The summed E-state index contributed by atoms with van der Waals surface area (Å²) in [5.41, 5.74) is 1.69. The SMILES string of the molecule is COc1ccnc(OC2CCCC2)c1-c1cc(Nc2cnc(C#N)cn2)n[nH]1. The highest BCUT2D eigenvalue weighted by molar-refractivity contribution is 5.74. The summed E-state index contributed by atoms with van der Waals surface area (Å²) in [5, 5.41) is 19.1. The Bertz CT molecular complexity index is 988. The third kappa shape index (κ3) is 3.71. The highest BCUT2D eigenvalue weighted by Gasteiger charge is 2.22. The van der Waals surface area contributed by atoms with Crippen LogP contribution in [0, 0.1) is 11.3 Å². The monoisotopic (exact) mass is 377 g/mol. The van der Waals surface area contributed by atoms with E-state index >= 15 is 0 Å². The van der Waals surface area contributed by atoms with Gasteiger partial charge in [-0.15, -0.1) is 0 Å². The minimum absolute atomic E-state index is 0.174. The van der Waals surface area contributed by atoms with Crippen LogP contribution in [0.2, 0.25) is 0 Å². The van der Waals surface area contributed by atoms with Crippen LogP contribution in [0.1, 0.15) is 31.4 Å². The van der Waals surface area contributed by atoms with Gasteiger partial charge in [-0.1, -0.05) is 0 Å². The quantitative estimate of drug-likeness (QED) is 0.671. The lowest BCUT2D eigenvalue weighted by Gasteiger charge is -2.16. The van der Waals surface area contributed by atoms with Crippen molar-refractivity contribution in [2.45, 2.75) is 31.8 Å². The van der Waals surface area contributed by atoms with Crippen LogP contribution in [0.5, 0.6) is 11.6 Å². The smallest absolute Gasteiger partial charge is 0.227 e. The van der Waals surface area contributed by atoms with Gasteiger partial charge in [-0.3, -0.25) is 5.10 Å². The summed E-state index contributed by atoms with van der Waals surface area (Å²) in [6.45, 7) is 0. The van der Waals surface area contributed by atoms with Crippen LogP contribution in [-0.2, 0) is 0 Å². The molecule has 9 nitrogen and oxygen atoms in total. The molecule has 1 fully saturated rings. The van der Waals surface area contributed by atoms with E-state index in [0.717, 1.165) is 18.4 Å². The summed E-state index contributed by atoms with van der Waals surface area (Å²) < 4.78 is 11.7. The van der Waals surface area contributed by atoms with Gasteiger partial charge in [0.05, 0.1) is 25.2 Å². The maximum absolute atomic E-state index is 8.81. The lowest BCUT2D eigenvalue weighted by Crippen LogP contribution is -2.13. The first-order chi connectivity index (χ1) is 13.8. The van der Waals surface area contributed by atoms with Gasteiger partial charge >= 0.3 is 0 Å². The number of pyridine rings is 1. The Hall–Kier alpha value is -3.67. The summed E-state index contributed by atoms with van der Waals surface area (Å²) in [6.07, 6.45) is 9.14. The molecule has 2 N–H and O–H groups in total.